The first-order valence-electron chi connectivity index (χ1n) is 6.47. The van der Waals surface area contributed by atoms with Crippen molar-refractivity contribution in [2.24, 2.45) is 5.92 Å². The summed E-state index contributed by atoms with van der Waals surface area (Å²) in [5, 5.41) is 3.68. The quantitative estimate of drug-likeness (QED) is 0.850. The number of carbonyl (C=O) groups is 1. The van der Waals surface area contributed by atoms with Gasteiger partial charge in [0, 0.05) is 23.1 Å². The van der Waals surface area contributed by atoms with Gasteiger partial charge in [-0.3, -0.25) is 4.79 Å². The standard InChI is InChI=1S/C14H18ClNO2S/c15-12-3-5-13(6-4-12)19-10-14(17)16-8-11-2-1-7-18-9-11/h3-6,11H,1-2,7-10H2,(H,16,17). The molecule has 0 spiro atoms. The Labute approximate surface area is 123 Å². The average molecular weight is 300 g/mol. The summed E-state index contributed by atoms with van der Waals surface area (Å²) in [4.78, 5) is 12.8. The van der Waals surface area contributed by atoms with Gasteiger partial charge in [0.15, 0.2) is 0 Å². The molecule has 2 rings (SSSR count). The molecule has 1 aromatic rings. The van der Waals surface area contributed by atoms with E-state index >= 15 is 0 Å². The Morgan fingerprint density at radius 1 is 1.42 bits per heavy atom. The van der Waals surface area contributed by atoms with Crippen molar-refractivity contribution >= 4 is 29.3 Å². The van der Waals surface area contributed by atoms with Crippen molar-refractivity contribution in [3.8, 4) is 0 Å². The lowest BCUT2D eigenvalue weighted by Gasteiger charge is -2.22. The van der Waals surface area contributed by atoms with Crippen LogP contribution in [0.25, 0.3) is 0 Å². The number of hydrogen-bond acceptors (Lipinski definition) is 3. The van der Waals surface area contributed by atoms with Gasteiger partial charge in [-0.2, -0.15) is 0 Å². The van der Waals surface area contributed by atoms with Gasteiger partial charge in [0.1, 0.15) is 0 Å². The van der Waals surface area contributed by atoms with Crippen LogP contribution in [0, 0.1) is 5.92 Å². The van der Waals surface area contributed by atoms with Gasteiger partial charge in [-0.25, -0.2) is 0 Å². The van der Waals surface area contributed by atoms with Gasteiger partial charge < -0.3 is 10.1 Å². The van der Waals surface area contributed by atoms with Crippen LogP contribution in [0.15, 0.2) is 29.2 Å². The highest BCUT2D eigenvalue weighted by Crippen LogP contribution is 2.20. The number of halogens is 1. The highest BCUT2D eigenvalue weighted by molar-refractivity contribution is 8.00. The van der Waals surface area contributed by atoms with Crippen molar-refractivity contribution in [1.29, 1.82) is 0 Å². The molecule has 1 aliphatic rings. The van der Waals surface area contributed by atoms with Crippen molar-refractivity contribution in [3.05, 3.63) is 29.3 Å². The van der Waals surface area contributed by atoms with E-state index in [-0.39, 0.29) is 5.91 Å². The third kappa shape index (κ3) is 5.43. The lowest BCUT2D eigenvalue weighted by Crippen LogP contribution is -2.34. The van der Waals surface area contributed by atoms with Crippen LogP contribution in [0.4, 0.5) is 0 Å². The van der Waals surface area contributed by atoms with E-state index in [4.69, 9.17) is 16.3 Å². The minimum atomic E-state index is 0.0746. The summed E-state index contributed by atoms with van der Waals surface area (Å²) in [6, 6.07) is 7.52. The summed E-state index contributed by atoms with van der Waals surface area (Å²) in [6.07, 6.45) is 2.24. The van der Waals surface area contributed by atoms with E-state index in [1.807, 2.05) is 24.3 Å². The topological polar surface area (TPSA) is 38.3 Å². The first-order valence-corrected chi connectivity index (χ1v) is 7.83. The zero-order chi connectivity index (χ0) is 13.5. The number of thioether (sulfide) groups is 1. The molecule has 3 nitrogen and oxygen atoms in total. The van der Waals surface area contributed by atoms with Crippen LogP contribution < -0.4 is 5.32 Å². The second kappa shape index (κ2) is 7.78. The molecule has 0 saturated carbocycles. The molecule has 1 aromatic carbocycles. The van der Waals surface area contributed by atoms with Crippen molar-refractivity contribution in [1.82, 2.24) is 5.32 Å². The van der Waals surface area contributed by atoms with Crippen molar-refractivity contribution < 1.29 is 9.53 Å². The summed E-state index contributed by atoms with van der Waals surface area (Å²) in [7, 11) is 0. The molecular formula is C14H18ClNO2S. The maximum absolute atomic E-state index is 11.7. The van der Waals surface area contributed by atoms with Gasteiger partial charge in [-0.1, -0.05) is 11.6 Å². The van der Waals surface area contributed by atoms with Crippen molar-refractivity contribution in [2.45, 2.75) is 17.7 Å². The second-order valence-corrected chi connectivity index (χ2v) is 6.12. The number of amides is 1. The molecule has 1 saturated heterocycles. The highest BCUT2D eigenvalue weighted by Gasteiger charge is 2.14. The number of benzene rings is 1. The third-order valence-electron chi connectivity index (χ3n) is 3.03. The highest BCUT2D eigenvalue weighted by atomic mass is 35.5. The van der Waals surface area contributed by atoms with Crippen LogP contribution in [0.1, 0.15) is 12.8 Å². The van der Waals surface area contributed by atoms with Gasteiger partial charge in [0.25, 0.3) is 0 Å². The van der Waals surface area contributed by atoms with Crippen LogP contribution in [-0.4, -0.2) is 31.4 Å². The molecule has 0 aromatic heterocycles. The van der Waals surface area contributed by atoms with Crippen LogP contribution in [0.2, 0.25) is 5.02 Å². The molecule has 0 radical (unpaired) electrons. The summed E-state index contributed by atoms with van der Waals surface area (Å²) >= 11 is 7.33. The molecule has 5 heteroatoms. The Balaban J connectivity index is 1.65. The molecule has 1 aliphatic heterocycles. The first-order chi connectivity index (χ1) is 9.24. The first kappa shape index (κ1) is 14.7. The predicted octanol–water partition coefficient (Wildman–Crippen LogP) is 2.97. The van der Waals surface area contributed by atoms with Crippen molar-refractivity contribution in [2.75, 3.05) is 25.5 Å². The number of rotatable bonds is 5. The second-order valence-electron chi connectivity index (χ2n) is 4.63. The molecule has 104 valence electrons. The fraction of sp³-hybridized carbons (Fsp3) is 0.500. The van der Waals surface area contributed by atoms with Crippen LogP contribution >= 0.6 is 23.4 Å². The van der Waals surface area contributed by atoms with E-state index in [2.05, 4.69) is 5.32 Å². The van der Waals surface area contributed by atoms with E-state index in [1.54, 1.807) is 0 Å². The molecule has 1 unspecified atom stereocenters. The molecule has 1 heterocycles. The van der Waals surface area contributed by atoms with E-state index in [0.717, 1.165) is 37.5 Å². The van der Waals surface area contributed by atoms with Crippen LogP contribution in [0.5, 0.6) is 0 Å². The molecule has 1 amide bonds. The number of nitrogens with one attached hydrogen (secondary N) is 1. The minimum absolute atomic E-state index is 0.0746. The molecular weight excluding hydrogens is 282 g/mol. The number of hydrogen-bond donors (Lipinski definition) is 1. The van der Waals surface area contributed by atoms with Crippen molar-refractivity contribution in [3.63, 3.8) is 0 Å². The molecule has 1 fully saturated rings. The van der Waals surface area contributed by atoms with Crippen LogP contribution in [0.3, 0.4) is 0 Å². The Morgan fingerprint density at radius 3 is 2.89 bits per heavy atom. The zero-order valence-corrected chi connectivity index (χ0v) is 12.3. The predicted molar refractivity (Wildman–Crippen MR) is 78.7 cm³/mol. The Kier molecular flexibility index (Phi) is 6.01. The van der Waals surface area contributed by atoms with E-state index in [9.17, 15) is 4.79 Å². The number of ether oxygens (including phenoxy) is 1. The zero-order valence-electron chi connectivity index (χ0n) is 10.7. The van der Waals surface area contributed by atoms with Gasteiger partial charge in [-0.15, -0.1) is 11.8 Å². The van der Waals surface area contributed by atoms with E-state index < -0.39 is 0 Å². The monoisotopic (exact) mass is 299 g/mol. The summed E-state index contributed by atoms with van der Waals surface area (Å²) < 4.78 is 5.39. The molecule has 0 aliphatic carbocycles. The van der Waals surface area contributed by atoms with Crippen LogP contribution in [-0.2, 0) is 9.53 Å². The Bertz CT molecular complexity index is 404. The molecule has 19 heavy (non-hydrogen) atoms. The Morgan fingerprint density at radius 2 is 2.21 bits per heavy atom. The van der Waals surface area contributed by atoms with Gasteiger partial charge in [-0.05, 0) is 43.0 Å². The molecule has 1 atom stereocenters. The summed E-state index contributed by atoms with van der Waals surface area (Å²) in [6.45, 7) is 2.35. The fourth-order valence-corrected chi connectivity index (χ4v) is 2.81. The average Bonchev–Trinajstić information content (AvgIpc) is 2.45. The maximum atomic E-state index is 11.7. The minimum Gasteiger partial charge on any atom is -0.381 e. The van der Waals surface area contributed by atoms with E-state index in [0.29, 0.717) is 16.7 Å². The van der Waals surface area contributed by atoms with E-state index in [1.165, 1.54) is 11.8 Å². The summed E-state index contributed by atoms with van der Waals surface area (Å²) in [5.41, 5.74) is 0. The molecule has 1 N–H and O–H groups in total. The lowest BCUT2D eigenvalue weighted by molar-refractivity contribution is -0.118. The number of carbonyl (C=O) groups excluding carboxylic acids is 1. The SMILES string of the molecule is O=C(CSc1ccc(Cl)cc1)NCC1CCCOC1. The Hall–Kier alpha value is -0.710. The normalized spacial score (nSPS) is 19.1. The van der Waals surface area contributed by atoms with Gasteiger partial charge in [0.2, 0.25) is 5.91 Å². The lowest BCUT2D eigenvalue weighted by atomic mass is 10.0. The van der Waals surface area contributed by atoms with Gasteiger partial charge in [0.05, 0.1) is 12.4 Å². The third-order valence-corrected chi connectivity index (χ3v) is 4.29. The summed E-state index contributed by atoms with van der Waals surface area (Å²) in [5.74, 6) is 0.985. The fourth-order valence-electron chi connectivity index (χ4n) is 1.96. The van der Waals surface area contributed by atoms with Gasteiger partial charge >= 0.3 is 0 Å². The smallest absolute Gasteiger partial charge is 0.230 e. The molecule has 0 bridgehead atoms. The maximum Gasteiger partial charge on any atom is 0.230 e. The largest absolute Gasteiger partial charge is 0.381 e.